The molecule has 0 atom stereocenters. The molecule has 0 saturated carbocycles. The quantitative estimate of drug-likeness (QED) is 0.323. The molecule has 0 fully saturated rings. The Labute approximate surface area is 194 Å². The van der Waals surface area contributed by atoms with Crippen LogP contribution >= 0.6 is 0 Å². The van der Waals surface area contributed by atoms with Crippen LogP contribution < -0.4 is 16.0 Å². The Morgan fingerprint density at radius 2 is 1.27 bits per heavy atom. The Hall–Kier alpha value is -4.19. The lowest BCUT2D eigenvalue weighted by atomic mass is 10.1. The van der Waals surface area contributed by atoms with Crippen LogP contribution in [0.25, 0.3) is 0 Å². The number of hydrogen-bond donors (Lipinski definition) is 3. The largest absolute Gasteiger partial charge is 0.340 e. The molecular formula is C27H27N5O. The highest BCUT2D eigenvalue weighted by molar-refractivity contribution is 6.05. The number of aryl methyl sites for hydroxylation is 4. The van der Waals surface area contributed by atoms with Crippen molar-refractivity contribution in [2.75, 3.05) is 16.0 Å². The highest BCUT2D eigenvalue weighted by atomic mass is 16.1. The normalized spacial score (nSPS) is 10.5. The van der Waals surface area contributed by atoms with Crippen molar-refractivity contribution in [1.29, 1.82) is 0 Å². The zero-order valence-corrected chi connectivity index (χ0v) is 19.2. The molecule has 1 aromatic heterocycles. The molecule has 0 saturated heterocycles. The summed E-state index contributed by atoms with van der Waals surface area (Å²) >= 11 is 0. The Morgan fingerprint density at radius 1 is 0.667 bits per heavy atom. The van der Waals surface area contributed by atoms with Gasteiger partial charge < -0.3 is 16.0 Å². The lowest BCUT2D eigenvalue weighted by Crippen LogP contribution is -2.13. The van der Waals surface area contributed by atoms with Gasteiger partial charge in [0, 0.05) is 34.4 Å². The van der Waals surface area contributed by atoms with Gasteiger partial charge in [-0.1, -0.05) is 35.4 Å². The number of amides is 1. The molecule has 0 spiro atoms. The van der Waals surface area contributed by atoms with E-state index in [4.69, 9.17) is 0 Å². The monoisotopic (exact) mass is 437 g/mol. The summed E-state index contributed by atoms with van der Waals surface area (Å²) in [5.41, 5.74) is 7.33. The van der Waals surface area contributed by atoms with Gasteiger partial charge in [0.25, 0.3) is 5.91 Å². The van der Waals surface area contributed by atoms with Crippen molar-refractivity contribution in [3.8, 4) is 0 Å². The third-order valence-electron chi connectivity index (χ3n) is 5.20. The maximum absolute atomic E-state index is 12.6. The van der Waals surface area contributed by atoms with Gasteiger partial charge in [-0.3, -0.25) is 4.79 Å². The first kappa shape index (κ1) is 22.0. The minimum absolute atomic E-state index is 0.119. The molecule has 166 valence electrons. The SMILES string of the molecule is Cc1ccc(Nc2nc(C)cc(Nc3ccc(NC(=O)c4ccc(C)cc4C)cc3)n2)cc1. The van der Waals surface area contributed by atoms with Gasteiger partial charge in [-0.15, -0.1) is 0 Å². The minimum atomic E-state index is -0.119. The minimum Gasteiger partial charge on any atom is -0.340 e. The van der Waals surface area contributed by atoms with Gasteiger partial charge in [0.1, 0.15) is 5.82 Å². The van der Waals surface area contributed by atoms with Gasteiger partial charge in [-0.05, 0) is 75.7 Å². The van der Waals surface area contributed by atoms with Gasteiger partial charge in [-0.25, -0.2) is 4.98 Å². The van der Waals surface area contributed by atoms with Gasteiger partial charge >= 0.3 is 0 Å². The molecule has 4 aromatic rings. The molecule has 1 amide bonds. The van der Waals surface area contributed by atoms with E-state index < -0.39 is 0 Å². The molecule has 1 heterocycles. The highest BCUT2D eigenvalue weighted by Gasteiger charge is 2.10. The van der Waals surface area contributed by atoms with Gasteiger partial charge in [-0.2, -0.15) is 4.98 Å². The molecule has 0 aliphatic heterocycles. The second kappa shape index (κ2) is 9.53. The van der Waals surface area contributed by atoms with Crippen LogP contribution in [0.4, 0.5) is 28.8 Å². The highest BCUT2D eigenvalue weighted by Crippen LogP contribution is 2.22. The lowest BCUT2D eigenvalue weighted by molar-refractivity contribution is 0.102. The number of aromatic nitrogens is 2. The molecule has 0 aliphatic carbocycles. The molecule has 0 bridgehead atoms. The predicted molar refractivity (Wildman–Crippen MR) is 135 cm³/mol. The molecule has 0 unspecified atom stereocenters. The van der Waals surface area contributed by atoms with E-state index in [1.165, 1.54) is 5.56 Å². The number of nitrogens with one attached hydrogen (secondary N) is 3. The van der Waals surface area contributed by atoms with Crippen LogP contribution in [0.3, 0.4) is 0 Å². The second-order valence-corrected chi connectivity index (χ2v) is 8.18. The van der Waals surface area contributed by atoms with Crippen LogP contribution in [0.1, 0.15) is 32.7 Å². The summed E-state index contributed by atoms with van der Waals surface area (Å²) in [6.45, 7) is 7.94. The van der Waals surface area contributed by atoms with Gasteiger partial charge in [0.15, 0.2) is 0 Å². The lowest BCUT2D eigenvalue weighted by Gasteiger charge is -2.12. The molecule has 0 radical (unpaired) electrons. The van der Waals surface area contributed by atoms with E-state index in [9.17, 15) is 4.79 Å². The van der Waals surface area contributed by atoms with Crippen molar-refractivity contribution in [2.45, 2.75) is 27.7 Å². The van der Waals surface area contributed by atoms with E-state index in [0.717, 1.165) is 33.9 Å². The summed E-state index contributed by atoms with van der Waals surface area (Å²) in [5, 5.41) is 9.50. The van der Waals surface area contributed by atoms with E-state index in [2.05, 4.69) is 32.8 Å². The molecule has 0 aliphatic rings. The number of rotatable bonds is 6. The zero-order valence-electron chi connectivity index (χ0n) is 19.2. The third kappa shape index (κ3) is 5.74. The smallest absolute Gasteiger partial charge is 0.255 e. The zero-order chi connectivity index (χ0) is 23.4. The predicted octanol–water partition coefficient (Wildman–Crippen LogP) is 6.45. The van der Waals surface area contributed by atoms with E-state index in [1.54, 1.807) is 0 Å². The van der Waals surface area contributed by atoms with Crippen LogP contribution in [-0.4, -0.2) is 15.9 Å². The average Bonchev–Trinajstić information content (AvgIpc) is 2.76. The summed E-state index contributed by atoms with van der Waals surface area (Å²) in [7, 11) is 0. The van der Waals surface area contributed by atoms with E-state index in [-0.39, 0.29) is 5.91 Å². The second-order valence-electron chi connectivity index (χ2n) is 8.18. The van der Waals surface area contributed by atoms with Crippen LogP contribution in [0.15, 0.2) is 72.8 Å². The summed E-state index contributed by atoms with van der Waals surface area (Å²) in [6, 6.07) is 23.3. The molecular weight excluding hydrogens is 410 g/mol. The van der Waals surface area contributed by atoms with E-state index >= 15 is 0 Å². The Balaban J connectivity index is 1.43. The number of carbonyl (C=O) groups is 1. The molecule has 6 nitrogen and oxygen atoms in total. The number of hydrogen-bond acceptors (Lipinski definition) is 5. The van der Waals surface area contributed by atoms with Crippen LogP contribution in [0.5, 0.6) is 0 Å². The molecule has 3 N–H and O–H groups in total. The van der Waals surface area contributed by atoms with Crippen LogP contribution in [-0.2, 0) is 0 Å². The fourth-order valence-electron chi connectivity index (χ4n) is 3.51. The van der Waals surface area contributed by atoms with Crippen molar-refractivity contribution in [2.24, 2.45) is 0 Å². The van der Waals surface area contributed by atoms with Crippen LogP contribution in [0.2, 0.25) is 0 Å². The molecule has 3 aromatic carbocycles. The molecule has 4 rings (SSSR count). The average molecular weight is 438 g/mol. The third-order valence-corrected chi connectivity index (χ3v) is 5.20. The number of anilines is 5. The Kier molecular flexibility index (Phi) is 6.36. The molecule has 33 heavy (non-hydrogen) atoms. The number of carbonyl (C=O) groups excluding carboxylic acids is 1. The first-order chi connectivity index (χ1) is 15.9. The fraction of sp³-hybridized carbons (Fsp3) is 0.148. The Bertz CT molecular complexity index is 1280. The van der Waals surface area contributed by atoms with Crippen molar-refractivity contribution in [1.82, 2.24) is 9.97 Å². The van der Waals surface area contributed by atoms with Crippen molar-refractivity contribution >= 4 is 34.7 Å². The first-order valence-electron chi connectivity index (χ1n) is 10.8. The van der Waals surface area contributed by atoms with Crippen LogP contribution in [0, 0.1) is 27.7 Å². The number of nitrogens with zero attached hydrogens (tertiary/aromatic N) is 2. The summed E-state index contributed by atoms with van der Waals surface area (Å²) in [5.74, 6) is 1.09. The number of benzene rings is 3. The van der Waals surface area contributed by atoms with E-state index in [0.29, 0.717) is 17.3 Å². The summed E-state index contributed by atoms with van der Waals surface area (Å²) in [4.78, 5) is 21.7. The van der Waals surface area contributed by atoms with Crippen molar-refractivity contribution in [3.63, 3.8) is 0 Å². The standard InChI is InChI=1S/C27H27N5O/c1-17-5-8-23(9-6-17)31-27-28-20(4)16-25(32-27)29-21-10-12-22(13-11-21)30-26(33)24-14-7-18(2)15-19(24)3/h5-16H,1-4H3,(H,30,33)(H2,28,29,31,32). The summed E-state index contributed by atoms with van der Waals surface area (Å²) < 4.78 is 0. The van der Waals surface area contributed by atoms with Crippen molar-refractivity contribution < 1.29 is 4.79 Å². The van der Waals surface area contributed by atoms with Crippen molar-refractivity contribution in [3.05, 3.63) is 101 Å². The van der Waals surface area contributed by atoms with Gasteiger partial charge in [0.05, 0.1) is 0 Å². The van der Waals surface area contributed by atoms with E-state index in [1.807, 2.05) is 93.6 Å². The fourth-order valence-corrected chi connectivity index (χ4v) is 3.51. The summed E-state index contributed by atoms with van der Waals surface area (Å²) in [6.07, 6.45) is 0. The first-order valence-corrected chi connectivity index (χ1v) is 10.8. The maximum Gasteiger partial charge on any atom is 0.255 e. The molecule has 6 heteroatoms. The topological polar surface area (TPSA) is 78.9 Å². The maximum atomic E-state index is 12.6. The Morgan fingerprint density at radius 3 is 1.97 bits per heavy atom. The van der Waals surface area contributed by atoms with Gasteiger partial charge in [0.2, 0.25) is 5.95 Å².